The van der Waals surface area contributed by atoms with Crippen LogP contribution < -0.4 is 19.5 Å². The zero-order valence-electron chi connectivity index (χ0n) is 21.4. The van der Waals surface area contributed by atoms with Gasteiger partial charge in [-0.05, 0) is 31.0 Å². The first kappa shape index (κ1) is 25.7. The van der Waals surface area contributed by atoms with Crippen molar-refractivity contribution in [3.05, 3.63) is 69.0 Å². The standard InChI is InChI=1S/C28H26ClNO8/c1-12-10-16-21(20(14-6-8-15(31)9-7-14)19(13(2)30-16)27(34)37-5)25(32)28(12)26(33)22-17(35-3)11-18(36-4)23(29)24(22)38-28/h6-9,11-12,20,30-31H,10H2,1-5H3/t12-,20+,28+/m1/s1. The minimum Gasteiger partial charge on any atom is -0.508 e. The number of ether oxygens (including phenoxy) is 4. The number of hydrogen-bond acceptors (Lipinski definition) is 9. The Bertz CT molecular complexity index is 1460. The van der Waals surface area contributed by atoms with E-state index in [0.29, 0.717) is 17.0 Å². The summed E-state index contributed by atoms with van der Waals surface area (Å²) in [6.07, 6.45) is 0.276. The molecule has 198 valence electrons. The molecule has 10 heteroatoms. The van der Waals surface area contributed by atoms with Crippen LogP contribution in [0.25, 0.3) is 0 Å². The average molecular weight is 540 g/mol. The first-order valence-corrected chi connectivity index (χ1v) is 12.3. The summed E-state index contributed by atoms with van der Waals surface area (Å²) < 4.78 is 22.1. The number of Topliss-reactive ketones (excluding diaryl/α,β-unsaturated/α-hetero) is 2. The minimum atomic E-state index is -1.94. The van der Waals surface area contributed by atoms with Crippen molar-refractivity contribution in [1.29, 1.82) is 0 Å². The zero-order chi connectivity index (χ0) is 27.5. The Kier molecular flexibility index (Phi) is 6.14. The molecule has 0 aromatic heterocycles. The second-order valence-electron chi connectivity index (χ2n) is 9.47. The van der Waals surface area contributed by atoms with Crippen LogP contribution in [0.1, 0.15) is 42.1 Å². The van der Waals surface area contributed by atoms with Crippen LogP contribution >= 0.6 is 11.6 Å². The third kappa shape index (κ3) is 3.41. The van der Waals surface area contributed by atoms with Gasteiger partial charge in [-0.15, -0.1) is 0 Å². The summed E-state index contributed by atoms with van der Waals surface area (Å²) in [6.45, 7) is 3.49. The number of carbonyl (C=O) groups excluding carboxylic acids is 3. The second-order valence-corrected chi connectivity index (χ2v) is 9.85. The highest BCUT2D eigenvalue weighted by atomic mass is 35.5. The van der Waals surface area contributed by atoms with Gasteiger partial charge in [0.2, 0.25) is 17.2 Å². The molecule has 0 radical (unpaired) electrons. The fourth-order valence-corrected chi connectivity index (χ4v) is 5.92. The Labute approximate surface area is 224 Å². The predicted octanol–water partition coefficient (Wildman–Crippen LogP) is 4.07. The third-order valence-corrected chi connectivity index (χ3v) is 7.84. The molecule has 0 bridgehead atoms. The van der Waals surface area contributed by atoms with Gasteiger partial charge in [0.05, 0.1) is 26.9 Å². The number of dihydropyridines is 1. The van der Waals surface area contributed by atoms with Gasteiger partial charge in [-0.1, -0.05) is 30.7 Å². The molecule has 1 aliphatic carbocycles. The van der Waals surface area contributed by atoms with Gasteiger partial charge in [0, 0.05) is 34.9 Å². The number of halogens is 1. The van der Waals surface area contributed by atoms with Crippen LogP contribution in [-0.2, 0) is 14.3 Å². The number of phenolic OH excluding ortho intramolecular Hbond substituents is 1. The minimum absolute atomic E-state index is 0.0157. The Morgan fingerprint density at radius 3 is 2.37 bits per heavy atom. The van der Waals surface area contributed by atoms with Crippen LogP contribution in [0.4, 0.5) is 0 Å². The number of fused-ring (bicyclic) bond motifs is 1. The highest BCUT2D eigenvalue weighted by Crippen LogP contribution is 2.56. The molecule has 2 aliphatic heterocycles. The molecule has 0 fully saturated rings. The first-order valence-electron chi connectivity index (χ1n) is 11.9. The summed E-state index contributed by atoms with van der Waals surface area (Å²) in [4.78, 5) is 41.7. The molecule has 3 aliphatic rings. The molecule has 1 spiro atoms. The summed E-state index contributed by atoms with van der Waals surface area (Å²) in [5.74, 6) is -2.82. The van der Waals surface area contributed by atoms with E-state index in [1.54, 1.807) is 26.0 Å². The molecule has 3 atom stereocenters. The number of esters is 1. The first-order chi connectivity index (χ1) is 18.1. The molecule has 2 aromatic rings. The van der Waals surface area contributed by atoms with E-state index in [1.165, 1.54) is 39.5 Å². The largest absolute Gasteiger partial charge is 0.508 e. The van der Waals surface area contributed by atoms with E-state index in [0.717, 1.165) is 0 Å². The van der Waals surface area contributed by atoms with Crippen LogP contribution in [-0.4, -0.2) is 49.6 Å². The molecule has 2 heterocycles. The van der Waals surface area contributed by atoms with Crippen molar-refractivity contribution < 1.29 is 38.4 Å². The highest BCUT2D eigenvalue weighted by Gasteiger charge is 2.63. The smallest absolute Gasteiger partial charge is 0.336 e. The SMILES string of the molecule is COC(=O)C1=C(C)NC2=C(C(=O)[C@@]3(Oc4c(Cl)c(OC)cc(OC)c4C3=O)[C@H](C)C2)[C@H]1c1ccc(O)cc1. The number of rotatable bonds is 4. The summed E-state index contributed by atoms with van der Waals surface area (Å²) in [6, 6.07) is 7.67. The molecular formula is C28H26ClNO8. The van der Waals surface area contributed by atoms with Crippen molar-refractivity contribution in [1.82, 2.24) is 5.32 Å². The van der Waals surface area contributed by atoms with E-state index < -0.39 is 35.0 Å². The van der Waals surface area contributed by atoms with E-state index >= 15 is 0 Å². The van der Waals surface area contributed by atoms with Crippen LogP contribution in [0, 0.1) is 5.92 Å². The molecule has 2 N–H and O–H groups in total. The fraction of sp³-hybridized carbons (Fsp3) is 0.321. The second kappa shape index (κ2) is 9.09. The molecule has 0 saturated heterocycles. The van der Waals surface area contributed by atoms with Crippen LogP contribution in [0.5, 0.6) is 23.0 Å². The van der Waals surface area contributed by atoms with Gasteiger partial charge in [-0.25, -0.2) is 4.79 Å². The number of benzene rings is 2. The number of ketones is 2. The highest BCUT2D eigenvalue weighted by molar-refractivity contribution is 6.36. The molecule has 38 heavy (non-hydrogen) atoms. The maximum atomic E-state index is 14.6. The van der Waals surface area contributed by atoms with E-state index in [9.17, 15) is 19.5 Å². The van der Waals surface area contributed by atoms with Crippen molar-refractivity contribution in [3.63, 3.8) is 0 Å². The molecular weight excluding hydrogens is 514 g/mol. The number of methoxy groups -OCH3 is 3. The lowest BCUT2D eigenvalue weighted by atomic mass is 9.65. The van der Waals surface area contributed by atoms with Gasteiger partial charge in [0.1, 0.15) is 27.8 Å². The lowest BCUT2D eigenvalue weighted by Gasteiger charge is -2.42. The Morgan fingerprint density at radius 2 is 1.76 bits per heavy atom. The van der Waals surface area contributed by atoms with Crippen molar-refractivity contribution >= 4 is 29.1 Å². The molecule has 0 amide bonds. The van der Waals surface area contributed by atoms with Gasteiger partial charge in [-0.2, -0.15) is 0 Å². The molecule has 2 aromatic carbocycles. The van der Waals surface area contributed by atoms with Crippen LogP contribution in [0.3, 0.4) is 0 Å². The number of aromatic hydroxyl groups is 1. The van der Waals surface area contributed by atoms with E-state index in [1.807, 2.05) is 0 Å². The summed E-state index contributed by atoms with van der Waals surface area (Å²) in [5, 5.41) is 13.1. The van der Waals surface area contributed by atoms with Crippen molar-refractivity contribution in [2.45, 2.75) is 31.8 Å². The van der Waals surface area contributed by atoms with E-state index in [2.05, 4.69) is 5.32 Å². The summed E-state index contributed by atoms with van der Waals surface area (Å²) >= 11 is 6.54. The molecule has 0 saturated carbocycles. The summed E-state index contributed by atoms with van der Waals surface area (Å²) in [5.41, 5.74) is 0.231. The molecule has 5 rings (SSSR count). The number of nitrogens with one attached hydrogen (secondary N) is 1. The van der Waals surface area contributed by atoms with Crippen LogP contribution in [0.15, 0.2) is 52.9 Å². The number of hydrogen-bond donors (Lipinski definition) is 2. The van der Waals surface area contributed by atoms with Gasteiger partial charge in [0.15, 0.2) is 5.75 Å². The Balaban J connectivity index is 1.71. The quantitative estimate of drug-likeness (QED) is 0.437. The zero-order valence-corrected chi connectivity index (χ0v) is 22.2. The average Bonchev–Trinajstić information content (AvgIpc) is 3.22. The molecule has 9 nitrogen and oxygen atoms in total. The number of carbonyl (C=O) groups is 3. The normalized spacial score (nSPS) is 24.1. The Morgan fingerprint density at radius 1 is 1.11 bits per heavy atom. The maximum Gasteiger partial charge on any atom is 0.336 e. The Hall–Kier alpha value is -3.98. The van der Waals surface area contributed by atoms with E-state index in [-0.39, 0.29) is 51.2 Å². The number of allylic oxidation sites excluding steroid dienone is 2. The summed E-state index contributed by atoms with van der Waals surface area (Å²) in [7, 11) is 4.08. The van der Waals surface area contributed by atoms with Crippen LogP contribution in [0.2, 0.25) is 5.02 Å². The maximum absolute atomic E-state index is 14.6. The van der Waals surface area contributed by atoms with Crippen molar-refractivity contribution in [2.24, 2.45) is 5.92 Å². The third-order valence-electron chi connectivity index (χ3n) is 7.48. The van der Waals surface area contributed by atoms with Crippen molar-refractivity contribution in [3.8, 4) is 23.0 Å². The lowest BCUT2D eigenvalue weighted by molar-refractivity contribution is -0.136. The molecule has 0 unspecified atom stereocenters. The topological polar surface area (TPSA) is 120 Å². The lowest BCUT2D eigenvalue weighted by Crippen LogP contribution is -2.58. The fourth-order valence-electron chi connectivity index (χ4n) is 5.66. The van der Waals surface area contributed by atoms with Gasteiger partial charge in [-0.3, -0.25) is 9.59 Å². The van der Waals surface area contributed by atoms with Gasteiger partial charge < -0.3 is 29.4 Å². The van der Waals surface area contributed by atoms with Gasteiger partial charge in [0.25, 0.3) is 0 Å². The number of phenols is 1. The monoisotopic (exact) mass is 539 g/mol. The van der Waals surface area contributed by atoms with Gasteiger partial charge >= 0.3 is 5.97 Å². The predicted molar refractivity (Wildman–Crippen MR) is 137 cm³/mol. The van der Waals surface area contributed by atoms with Crippen molar-refractivity contribution in [2.75, 3.05) is 21.3 Å². The van der Waals surface area contributed by atoms with E-state index in [4.69, 9.17) is 30.5 Å².